The van der Waals surface area contributed by atoms with Gasteiger partial charge in [-0.15, -0.1) is 0 Å². The number of hydrogen-bond donors (Lipinski definition) is 0. The zero-order chi connectivity index (χ0) is 10.8. The monoisotopic (exact) mass is 209 g/mol. The number of aryl methyl sites for hydroxylation is 1. The zero-order valence-electron chi connectivity index (χ0n) is 8.61. The summed E-state index contributed by atoms with van der Waals surface area (Å²) in [6.45, 7) is 1.90. The van der Waals surface area contributed by atoms with Crippen molar-refractivity contribution in [3.05, 3.63) is 29.6 Å². The number of halogens is 1. The summed E-state index contributed by atoms with van der Waals surface area (Å²) in [5.74, 6) is 0.516. The van der Waals surface area contributed by atoms with E-state index >= 15 is 0 Å². The minimum absolute atomic E-state index is 0.00297. The fraction of sp³-hybridized carbons (Fsp3) is 0.417. The van der Waals surface area contributed by atoms with Gasteiger partial charge in [-0.3, -0.25) is 4.79 Å². The lowest BCUT2D eigenvalue weighted by Gasteiger charge is -2.27. The van der Waals surface area contributed by atoms with Crippen LogP contribution in [-0.2, 0) is 6.42 Å². The molecule has 0 aliphatic carbocycles. The second-order valence-electron chi connectivity index (χ2n) is 3.96. The van der Waals surface area contributed by atoms with Gasteiger partial charge in [0.15, 0.2) is 0 Å². The summed E-state index contributed by atoms with van der Waals surface area (Å²) in [5.41, 5.74) is 0.913. The van der Waals surface area contributed by atoms with Gasteiger partial charge >= 0.3 is 0 Å². The van der Waals surface area contributed by atoms with E-state index in [4.69, 9.17) is 9.53 Å². The van der Waals surface area contributed by atoms with Crippen molar-refractivity contribution >= 4 is 6.29 Å². The summed E-state index contributed by atoms with van der Waals surface area (Å²) in [6, 6.07) is 4.56. The molecule has 3 heteroatoms. The summed E-state index contributed by atoms with van der Waals surface area (Å²) < 4.78 is 18.6. The molecule has 2 nitrogen and oxygen atoms in total. The highest BCUT2D eigenvalue weighted by Crippen LogP contribution is 2.30. The fourth-order valence-corrected chi connectivity index (χ4v) is 1.84. The van der Waals surface area contributed by atoms with E-state index in [0.717, 1.165) is 30.4 Å². The Hall–Kier alpha value is -1.38. The third-order valence-electron chi connectivity index (χ3n) is 2.82. The molecule has 1 aromatic rings. The molecule has 0 radical (unpaired) electrons. The Bertz CT molecular complexity index is 376. The second-order valence-corrected chi connectivity index (χ2v) is 3.96. The van der Waals surface area contributed by atoms with Gasteiger partial charge in [-0.2, -0.15) is 0 Å². The van der Waals surface area contributed by atoms with Gasteiger partial charge in [-0.1, -0.05) is 0 Å². The third kappa shape index (κ3) is 2.01. The molecule has 1 aliphatic heterocycles. The standard InChI is InChI=1S/C12H13FO2/c1-8(7-14)11-4-2-9-6-10(13)3-5-12(9)15-11/h3,5-8,11H,2,4H2,1H3/p+1/t8?,11-/m1/s1. The molecule has 0 aromatic heterocycles. The van der Waals surface area contributed by atoms with Crippen LogP contribution in [0, 0.1) is 11.7 Å². The lowest BCUT2D eigenvalue weighted by atomic mass is 9.95. The van der Waals surface area contributed by atoms with E-state index in [1.165, 1.54) is 12.1 Å². The minimum Gasteiger partial charge on any atom is -0.489 e. The van der Waals surface area contributed by atoms with Crippen molar-refractivity contribution in [1.82, 2.24) is 0 Å². The van der Waals surface area contributed by atoms with Crippen LogP contribution in [0.3, 0.4) is 0 Å². The number of fused-ring (bicyclic) bond motifs is 1. The van der Waals surface area contributed by atoms with Crippen LogP contribution in [0.5, 0.6) is 5.75 Å². The van der Waals surface area contributed by atoms with Gasteiger partial charge in [0.1, 0.15) is 23.6 Å². The number of hydrogen-bond acceptors (Lipinski definition) is 1. The maximum absolute atomic E-state index is 12.9. The van der Waals surface area contributed by atoms with Crippen LogP contribution in [-0.4, -0.2) is 17.2 Å². The van der Waals surface area contributed by atoms with Crippen LogP contribution in [0.1, 0.15) is 18.9 Å². The summed E-state index contributed by atoms with van der Waals surface area (Å²) in [4.78, 5) is 8.91. The molecular formula is C12H14FO2+. The van der Waals surface area contributed by atoms with E-state index < -0.39 is 0 Å². The topological polar surface area (TPSA) is 30.6 Å². The molecule has 1 aromatic carbocycles. The summed E-state index contributed by atoms with van der Waals surface area (Å²) >= 11 is 0. The predicted molar refractivity (Wildman–Crippen MR) is 56.3 cm³/mol. The van der Waals surface area contributed by atoms with Gasteiger partial charge in [-0.25, -0.2) is 4.39 Å². The normalized spacial score (nSPS) is 21.3. The van der Waals surface area contributed by atoms with E-state index in [1.54, 1.807) is 6.07 Å². The van der Waals surface area contributed by atoms with E-state index in [-0.39, 0.29) is 17.8 Å². The highest BCUT2D eigenvalue weighted by atomic mass is 19.1. The Labute approximate surface area is 88.1 Å². The van der Waals surface area contributed by atoms with Gasteiger partial charge < -0.3 is 4.74 Å². The van der Waals surface area contributed by atoms with Crippen molar-refractivity contribution in [2.24, 2.45) is 5.92 Å². The van der Waals surface area contributed by atoms with Crippen LogP contribution >= 0.6 is 0 Å². The summed E-state index contributed by atoms with van der Waals surface area (Å²) in [5, 5.41) is 0. The second kappa shape index (κ2) is 4.01. The van der Waals surface area contributed by atoms with Gasteiger partial charge in [0.05, 0.1) is 0 Å². The van der Waals surface area contributed by atoms with Crippen LogP contribution in [0.4, 0.5) is 4.39 Å². The first-order valence-corrected chi connectivity index (χ1v) is 5.13. The Balaban J connectivity index is 2.20. The van der Waals surface area contributed by atoms with Crippen LogP contribution < -0.4 is 4.74 Å². The maximum Gasteiger partial charge on any atom is 0.288 e. The van der Waals surface area contributed by atoms with Crippen LogP contribution in [0.2, 0.25) is 0 Å². The minimum atomic E-state index is -0.224. The zero-order valence-corrected chi connectivity index (χ0v) is 8.61. The first-order chi connectivity index (χ1) is 7.20. The predicted octanol–water partition coefficient (Wildman–Crippen LogP) is 2.33. The van der Waals surface area contributed by atoms with Gasteiger partial charge in [-0.05, 0) is 43.5 Å². The van der Waals surface area contributed by atoms with Crippen LogP contribution in [0.15, 0.2) is 18.2 Å². The molecule has 2 rings (SSSR count). The number of carbonyl (C=O) groups excluding carboxylic acids is 1. The smallest absolute Gasteiger partial charge is 0.288 e. The molecule has 0 saturated heterocycles. The molecule has 1 heterocycles. The highest BCUT2D eigenvalue weighted by molar-refractivity contribution is 5.55. The van der Waals surface area contributed by atoms with Crippen LogP contribution in [0.25, 0.3) is 0 Å². The number of rotatable bonds is 2. The van der Waals surface area contributed by atoms with Gasteiger partial charge in [0.25, 0.3) is 6.29 Å². The molecule has 0 amide bonds. The van der Waals surface area contributed by atoms with Crippen molar-refractivity contribution in [3.8, 4) is 5.75 Å². The lowest BCUT2D eigenvalue weighted by Crippen LogP contribution is -2.30. The molecule has 1 N–H and O–H groups in total. The molecule has 15 heavy (non-hydrogen) atoms. The van der Waals surface area contributed by atoms with Crippen molar-refractivity contribution in [1.29, 1.82) is 0 Å². The maximum atomic E-state index is 12.9. The van der Waals surface area contributed by atoms with Crippen molar-refractivity contribution in [2.45, 2.75) is 25.9 Å². The quantitative estimate of drug-likeness (QED) is 0.543. The Kier molecular flexibility index (Phi) is 2.71. The molecule has 1 unspecified atom stereocenters. The third-order valence-corrected chi connectivity index (χ3v) is 2.82. The molecule has 0 fully saturated rings. The average molecular weight is 209 g/mol. The van der Waals surface area contributed by atoms with E-state index in [9.17, 15) is 4.39 Å². The van der Waals surface area contributed by atoms with Crippen molar-refractivity contribution in [3.63, 3.8) is 0 Å². The van der Waals surface area contributed by atoms with Gasteiger partial charge in [0.2, 0.25) is 0 Å². The van der Waals surface area contributed by atoms with E-state index in [1.807, 2.05) is 6.92 Å². The van der Waals surface area contributed by atoms with Crippen molar-refractivity contribution in [2.75, 3.05) is 0 Å². The Morgan fingerprint density at radius 3 is 3.13 bits per heavy atom. The summed E-state index contributed by atoms with van der Waals surface area (Å²) in [6.07, 6.45) is 2.76. The molecule has 1 aliphatic rings. The highest BCUT2D eigenvalue weighted by Gasteiger charge is 2.26. The number of aldehydes is 1. The molecule has 0 bridgehead atoms. The van der Waals surface area contributed by atoms with Crippen molar-refractivity contribution < 1.29 is 13.9 Å². The molecule has 0 saturated carbocycles. The van der Waals surface area contributed by atoms with E-state index in [2.05, 4.69) is 0 Å². The first kappa shape index (κ1) is 10.1. The molecule has 80 valence electrons. The van der Waals surface area contributed by atoms with Gasteiger partial charge in [0, 0.05) is 0 Å². The molecule has 2 atom stereocenters. The largest absolute Gasteiger partial charge is 0.489 e. The summed E-state index contributed by atoms with van der Waals surface area (Å²) in [7, 11) is 0. The molecular weight excluding hydrogens is 195 g/mol. The average Bonchev–Trinajstić information content (AvgIpc) is 2.27. The Morgan fingerprint density at radius 2 is 2.40 bits per heavy atom. The lowest BCUT2D eigenvalue weighted by molar-refractivity contribution is 0.145. The Morgan fingerprint density at radius 1 is 1.60 bits per heavy atom. The van der Waals surface area contributed by atoms with E-state index in [0.29, 0.717) is 0 Å². The first-order valence-electron chi connectivity index (χ1n) is 5.13. The molecule has 0 spiro atoms. The number of benzene rings is 1. The SMILES string of the molecule is CC(C=[OH+])[C@H]1CCc2cc(F)ccc2O1. The fourth-order valence-electron chi connectivity index (χ4n) is 1.84. The number of ether oxygens (including phenoxy) is 1.